The summed E-state index contributed by atoms with van der Waals surface area (Å²) in [6.07, 6.45) is 5.96. The summed E-state index contributed by atoms with van der Waals surface area (Å²) in [6, 6.07) is 10.5. The number of hydrogen-bond donors (Lipinski definition) is 0. The highest BCUT2D eigenvalue weighted by atomic mass is 16.5. The van der Waals surface area contributed by atoms with Crippen molar-refractivity contribution in [3.8, 4) is 0 Å². The number of likely N-dealkylation sites (tertiary alicyclic amines) is 2. The predicted octanol–water partition coefficient (Wildman–Crippen LogP) is 2.82. The fourth-order valence-corrected chi connectivity index (χ4v) is 5.68. The van der Waals surface area contributed by atoms with Gasteiger partial charge in [0.25, 0.3) is 0 Å². The summed E-state index contributed by atoms with van der Waals surface area (Å²) < 4.78 is 5.39. The third kappa shape index (κ3) is 5.52. The van der Waals surface area contributed by atoms with E-state index < -0.39 is 0 Å². The van der Waals surface area contributed by atoms with Crippen LogP contribution in [-0.4, -0.2) is 85.5 Å². The van der Waals surface area contributed by atoms with Crippen LogP contribution in [0.25, 0.3) is 0 Å². The average Bonchev–Trinajstić information content (AvgIpc) is 2.98. The fourth-order valence-electron chi connectivity index (χ4n) is 5.68. The van der Waals surface area contributed by atoms with Crippen LogP contribution in [0.3, 0.4) is 0 Å². The number of hydrogen-bond acceptors (Lipinski definition) is 4. The molecule has 32 heavy (non-hydrogen) atoms. The van der Waals surface area contributed by atoms with Crippen LogP contribution in [0.4, 0.5) is 0 Å². The van der Waals surface area contributed by atoms with E-state index in [1.54, 1.807) is 0 Å². The minimum absolute atomic E-state index is 0.229. The third-order valence-electron chi connectivity index (χ3n) is 7.87. The Balaban J connectivity index is 1.32. The van der Waals surface area contributed by atoms with Gasteiger partial charge in [0.15, 0.2) is 0 Å². The highest BCUT2D eigenvalue weighted by molar-refractivity contribution is 5.83. The van der Waals surface area contributed by atoms with Gasteiger partial charge < -0.3 is 14.5 Å². The summed E-state index contributed by atoms with van der Waals surface area (Å²) in [7, 11) is 0. The first-order chi connectivity index (χ1) is 15.6. The van der Waals surface area contributed by atoms with Crippen molar-refractivity contribution in [2.75, 3.05) is 59.0 Å². The van der Waals surface area contributed by atoms with E-state index in [2.05, 4.69) is 41.0 Å². The smallest absolute Gasteiger partial charge is 0.236 e. The molecule has 1 unspecified atom stereocenters. The zero-order valence-corrected chi connectivity index (χ0v) is 19.6. The molecule has 176 valence electrons. The van der Waals surface area contributed by atoms with E-state index in [9.17, 15) is 9.59 Å². The third-order valence-corrected chi connectivity index (χ3v) is 7.87. The number of benzene rings is 1. The average molecular weight is 442 g/mol. The lowest BCUT2D eigenvalue weighted by Gasteiger charge is -2.43. The van der Waals surface area contributed by atoms with Gasteiger partial charge in [0.2, 0.25) is 11.8 Å². The van der Waals surface area contributed by atoms with Gasteiger partial charge in [0.05, 0.1) is 19.8 Å². The zero-order chi connectivity index (χ0) is 22.4. The van der Waals surface area contributed by atoms with E-state index >= 15 is 0 Å². The largest absolute Gasteiger partial charge is 0.379 e. The standard InChI is InChI=1S/C26H39N3O3/c1-26(12-5-6-13-29(25(26)31)14-9-22-7-3-2-4-8-22)23-10-15-28(16-11-23)24(30)21-27-17-19-32-20-18-27/h2-4,7-8,23H,5-6,9-21H2,1H3. The molecular formula is C26H39N3O3. The van der Waals surface area contributed by atoms with Crippen molar-refractivity contribution in [1.82, 2.24) is 14.7 Å². The Kier molecular flexibility index (Phi) is 7.84. The summed E-state index contributed by atoms with van der Waals surface area (Å²) in [6.45, 7) is 9.05. The number of rotatable bonds is 6. The maximum Gasteiger partial charge on any atom is 0.236 e. The van der Waals surface area contributed by atoms with Crippen LogP contribution in [-0.2, 0) is 20.7 Å². The molecule has 0 saturated carbocycles. The van der Waals surface area contributed by atoms with Crippen molar-refractivity contribution in [2.45, 2.75) is 45.4 Å². The van der Waals surface area contributed by atoms with Gasteiger partial charge in [-0.05, 0) is 43.6 Å². The number of amides is 2. The minimum Gasteiger partial charge on any atom is -0.379 e. The predicted molar refractivity (Wildman–Crippen MR) is 125 cm³/mol. The second kappa shape index (κ2) is 10.8. The molecule has 3 aliphatic rings. The van der Waals surface area contributed by atoms with Crippen molar-refractivity contribution in [3.63, 3.8) is 0 Å². The molecule has 3 aliphatic heterocycles. The highest BCUT2D eigenvalue weighted by Crippen LogP contribution is 2.42. The summed E-state index contributed by atoms with van der Waals surface area (Å²) in [4.78, 5) is 32.8. The van der Waals surface area contributed by atoms with Crippen LogP contribution < -0.4 is 0 Å². The Morgan fingerprint density at radius 3 is 2.47 bits per heavy atom. The Morgan fingerprint density at radius 1 is 1.03 bits per heavy atom. The molecule has 2 amide bonds. The molecule has 3 saturated heterocycles. The first-order valence-corrected chi connectivity index (χ1v) is 12.5. The molecule has 0 bridgehead atoms. The molecule has 1 aromatic rings. The molecule has 3 heterocycles. The molecule has 0 aromatic heterocycles. The molecule has 0 radical (unpaired) electrons. The van der Waals surface area contributed by atoms with Gasteiger partial charge in [0, 0.05) is 44.7 Å². The lowest BCUT2D eigenvalue weighted by molar-refractivity contribution is -0.146. The summed E-state index contributed by atoms with van der Waals surface area (Å²) in [5.41, 5.74) is 0.991. The minimum atomic E-state index is -0.299. The molecule has 6 heteroatoms. The van der Waals surface area contributed by atoms with E-state index in [0.29, 0.717) is 18.4 Å². The number of carbonyl (C=O) groups excluding carboxylic acids is 2. The normalized spacial score (nSPS) is 26.2. The number of ether oxygens (including phenoxy) is 1. The van der Waals surface area contributed by atoms with Crippen molar-refractivity contribution in [2.24, 2.45) is 11.3 Å². The van der Waals surface area contributed by atoms with Crippen molar-refractivity contribution >= 4 is 11.8 Å². The van der Waals surface area contributed by atoms with E-state index in [1.807, 2.05) is 11.0 Å². The maximum absolute atomic E-state index is 13.7. The fraction of sp³-hybridized carbons (Fsp3) is 0.692. The molecule has 4 rings (SSSR count). The van der Waals surface area contributed by atoms with Crippen LogP contribution in [0.2, 0.25) is 0 Å². The second-order valence-corrected chi connectivity index (χ2v) is 9.95. The Labute approximate surface area is 192 Å². The first-order valence-electron chi connectivity index (χ1n) is 12.5. The topological polar surface area (TPSA) is 53.1 Å². The number of carbonyl (C=O) groups is 2. The number of piperidine rings is 1. The second-order valence-electron chi connectivity index (χ2n) is 9.95. The summed E-state index contributed by atoms with van der Waals surface area (Å²) >= 11 is 0. The van der Waals surface area contributed by atoms with Crippen molar-refractivity contribution < 1.29 is 14.3 Å². The molecule has 1 aromatic carbocycles. The lowest BCUT2D eigenvalue weighted by Crippen LogP contribution is -2.51. The van der Waals surface area contributed by atoms with Gasteiger partial charge in [-0.1, -0.05) is 43.7 Å². The van der Waals surface area contributed by atoms with Crippen LogP contribution in [0, 0.1) is 11.3 Å². The van der Waals surface area contributed by atoms with E-state index in [0.717, 1.165) is 91.0 Å². The van der Waals surface area contributed by atoms with E-state index in [4.69, 9.17) is 4.74 Å². The highest BCUT2D eigenvalue weighted by Gasteiger charge is 2.45. The van der Waals surface area contributed by atoms with Gasteiger partial charge in [-0.3, -0.25) is 14.5 Å². The van der Waals surface area contributed by atoms with Gasteiger partial charge in [-0.25, -0.2) is 0 Å². The molecule has 1 atom stereocenters. The van der Waals surface area contributed by atoms with E-state index in [1.165, 1.54) is 5.56 Å². The van der Waals surface area contributed by atoms with Gasteiger partial charge in [-0.15, -0.1) is 0 Å². The van der Waals surface area contributed by atoms with Crippen LogP contribution in [0.1, 0.15) is 44.6 Å². The quantitative estimate of drug-likeness (QED) is 0.681. The number of nitrogens with zero attached hydrogens (tertiary/aromatic N) is 3. The van der Waals surface area contributed by atoms with Crippen LogP contribution in [0.15, 0.2) is 30.3 Å². The van der Waals surface area contributed by atoms with Crippen molar-refractivity contribution in [3.05, 3.63) is 35.9 Å². The zero-order valence-electron chi connectivity index (χ0n) is 19.6. The molecule has 0 N–H and O–H groups in total. The van der Waals surface area contributed by atoms with E-state index in [-0.39, 0.29) is 11.3 Å². The van der Waals surface area contributed by atoms with Crippen molar-refractivity contribution in [1.29, 1.82) is 0 Å². The Morgan fingerprint density at radius 2 is 1.75 bits per heavy atom. The van der Waals surface area contributed by atoms with Gasteiger partial charge >= 0.3 is 0 Å². The molecule has 3 fully saturated rings. The Bertz CT molecular complexity index is 757. The monoisotopic (exact) mass is 441 g/mol. The molecule has 0 aliphatic carbocycles. The molecule has 0 spiro atoms. The molecular weight excluding hydrogens is 402 g/mol. The SMILES string of the molecule is CC1(C2CCN(C(=O)CN3CCOCC3)CC2)CCCCN(CCc2ccccc2)C1=O. The van der Waals surface area contributed by atoms with Crippen LogP contribution >= 0.6 is 0 Å². The summed E-state index contributed by atoms with van der Waals surface area (Å²) in [5.74, 6) is 0.927. The lowest BCUT2D eigenvalue weighted by atomic mass is 9.69. The van der Waals surface area contributed by atoms with Gasteiger partial charge in [-0.2, -0.15) is 0 Å². The Hall–Kier alpha value is -1.92. The first kappa shape index (κ1) is 23.2. The molecule has 6 nitrogen and oxygen atoms in total. The maximum atomic E-state index is 13.7. The number of morpholine rings is 1. The van der Waals surface area contributed by atoms with Crippen LogP contribution in [0.5, 0.6) is 0 Å². The van der Waals surface area contributed by atoms with Gasteiger partial charge in [0.1, 0.15) is 0 Å². The summed E-state index contributed by atoms with van der Waals surface area (Å²) in [5, 5.41) is 0.